The van der Waals surface area contributed by atoms with E-state index in [1.54, 1.807) is 6.92 Å². The van der Waals surface area contributed by atoms with Gasteiger partial charge in [-0.1, -0.05) is 29.8 Å². The molecule has 2 atom stereocenters. The topological polar surface area (TPSA) is 26.0 Å². The van der Waals surface area contributed by atoms with Crippen molar-refractivity contribution in [3.05, 3.63) is 35.4 Å². The summed E-state index contributed by atoms with van der Waals surface area (Å²) in [5.41, 5.74) is 7.63. The minimum atomic E-state index is -0.943. The summed E-state index contributed by atoms with van der Waals surface area (Å²) in [6.07, 6.45) is -0.527. The molecule has 1 aromatic rings. The number of hydrogen-bond acceptors (Lipinski definition) is 1. The third-order valence-corrected chi connectivity index (χ3v) is 2.08. The van der Waals surface area contributed by atoms with Crippen molar-refractivity contribution in [2.45, 2.75) is 32.5 Å². The molecule has 2 unspecified atom stereocenters. The van der Waals surface area contributed by atoms with Gasteiger partial charge in [-0.15, -0.1) is 0 Å². The summed E-state index contributed by atoms with van der Waals surface area (Å²) in [4.78, 5) is 0. The van der Waals surface area contributed by atoms with Gasteiger partial charge in [0, 0.05) is 12.5 Å². The molecule has 1 nitrogen and oxygen atoms in total. The number of alkyl halides is 1. The van der Waals surface area contributed by atoms with Crippen LogP contribution in [-0.2, 0) is 6.42 Å². The molecule has 0 aliphatic heterocycles. The van der Waals surface area contributed by atoms with Crippen LogP contribution < -0.4 is 5.73 Å². The van der Waals surface area contributed by atoms with Gasteiger partial charge in [0.2, 0.25) is 0 Å². The lowest BCUT2D eigenvalue weighted by Gasteiger charge is -2.11. The maximum Gasteiger partial charge on any atom is 0.119 e. The van der Waals surface area contributed by atoms with Crippen molar-refractivity contribution < 1.29 is 4.39 Å². The van der Waals surface area contributed by atoms with Crippen LogP contribution >= 0.6 is 0 Å². The molecule has 2 N–H and O–H groups in total. The Balaban J connectivity index is 2.64. The summed E-state index contributed by atoms with van der Waals surface area (Å²) in [7, 11) is 0. The average molecular weight is 181 g/mol. The molecule has 0 radical (unpaired) electrons. The van der Waals surface area contributed by atoms with Crippen molar-refractivity contribution in [1.82, 2.24) is 0 Å². The number of aryl methyl sites for hydroxylation is 1. The average Bonchev–Trinajstić information content (AvgIpc) is 2.04. The van der Waals surface area contributed by atoms with Crippen LogP contribution in [0.2, 0.25) is 0 Å². The van der Waals surface area contributed by atoms with E-state index >= 15 is 0 Å². The molecule has 0 aliphatic rings. The maximum absolute atomic E-state index is 13.2. The predicted octanol–water partition coefficient (Wildman–Crippen LogP) is 2.22. The summed E-state index contributed by atoms with van der Waals surface area (Å²) in [6.45, 7) is 3.70. The fourth-order valence-electron chi connectivity index (χ4n) is 1.25. The molecule has 0 heterocycles. The predicted molar refractivity (Wildman–Crippen MR) is 53.4 cm³/mol. The standard InChI is InChI=1S/C11H16FN/c1-8-4-3-5-10(6-8)7-11(12)9(2)13/h3-6,9,11H,7,13H2,1-2H3. The zero-order valence-corrected chi connectivity index (χ0v) is 8.13. The Bertz CT molecular complexity index is 271. The van der Waals surface area contributed by atoms with Gasteiger partial charge in [0.15, 0.2) is 0 Å². The molecule has 0 spiro atoms. The first-order valence-corrected chi connectivity index (χ1v) is 4.55. The number of benzene rings is 1. The zero-order chi connectivity index (χ0) is 9.84. The molecule has 13 heavy (non-hydrogen) atoms. The van der Waals surface area contributed by atoms with Crippen molar-refractivity contribution in [2.24, 2.45) is 5.73 Å². The SMILES string of the molecule is Cc1cccc(CC(F)C(C)N)c1. The first-order chi connectivity index (χ1) is 6.09. The van der Waals surface area contributed by atoms with Crippen LogP contribution in [0, 0.1) is 6.92 Å². The van der Waals surface area contributed by atoms with E-state index in [-0.39, 0.29) is 6.04 Å². The van der Waals surface area contributed by atoms with E-state index in [0.717, 1.165) is 11.1 Å². The minimum Gasteiger partial charge on any atom is -0.325 e. The molecule has 0 bridgehead atoms. The highest BCUT2D eigenvalue weighted by Crippen LogP contribution is 2.10. The lowest BCUT2D eigenvalue weighted by molar-refractivity contribution is 0.290. The molecule has 0 fully saturated rings. The van der Waals surface area contributed by atoms with Crippen LogP contribution in [0.5, 0.6) is 0 Å². The molecular weight excluding hydrogens is 165 g/mol. The van der Waals surface area contributed by atoms with Gasteiger partial charge in [0.25, 0.3) is 0 Å². The number of rotatable bonds is 3. The molecule has 0 aromatic heterocycles. The monoisotopic (exact) mass is 181 g/mol. The highest BCUT2D eigenvalue weighted by molar-refractivity contribution is 5.22. The first kappa shape index (κ1) is 10.2. The molecule has 1 rings (SSSR count). The molecular formula is C11H16FN. The van der Waals surface area contributed by atoms with Crippen molar-refractivity contribution in [3.8, 4) is 0 Å². The van der Waals surface area contributed by atoms with E-state index in [1.807, 2.05) is 31.2 Å². The van der Waals surface area contributed by atoms with E-state index in [2.05, 4.69) is 0 Å². The van der Waals surface area contributed by atoms with Crippen LogP contribution in [0.1, 0.15) is 18.1 Å². The van der Waals surface area contributed by atoms with Gasteiger partial charge in [-0.25, -0.2) is 4.39 Å². The second kappa shape index (κ2) is 4.38. The Morgan fingerprint density at radius 2 is 2.15 bits per heavy atom. The fraction of sp³-hybridized carbons (Fsp3) is 0.455. The summed E-state index contributed by atoms with van der Waals surface area (Å²) in [5.74, 6) is 0. The third-order valence-electron chi connectivity index (χ3n) is 2.08. The normalized spacial score (nSPS) is 15.4. The van der Waals surface area contributed by atoms with E-state index in [4.69, 9.17) is 5.73 Å². The molecule has 0 amide bonds. The smallest absolute Gasteiger partial charge is 0.119 e. The minimum absolute atomic E-state index is 0.388. The van der Waals surface area contributed by atoms with Crippen molar-refractivity contribution in [3.63, 3.8) is 0 Å². The number of nitrogens with two attached hydrogens (primary N) is 1. The second-order valence-electron chi connectivity index (χ2n) is 3.57. The molecule has 0 saturated heterocycles. The van der Waals surface area contributed by atoms with E-state index < -0.39 is 6.17 Å². The van der Waals surface area contributed by atoms with Crippen LogP contribution in [-0.4, -0.2) is 12.2 Å². The van der Waals surface area contributed by atoms with E-state index in [9.17, 15) is 4.39 Å². The fourth-order valence-corrected chi connectivity index (χ4v) is 1.25. The summed E-state index contributed by atoms with van der Waals surface area (Å²) < 4.78 is 13.2. The summed E-state index contributed by atoms with van der Waals surface area (Å²) >= 11 is 0. The highest BCUT2D eigenvalue weighted by atomic mass is 19.1. The molecule has 0 aliphatic carbocycles. The van der Waals surface area contributed by atoms with Crippen LogP contribution in [0.3, 0.4) is 0 Å². The Kier molecular flexibility index (Phi) is 3.43. The van der Waals surface area contributed by atoms with Crippen molar-refractivity contribution in [1.29, 1.82) is 0 Å². The second-order valence-corrected chi connectivity index (χ2v) is 3.57. The van der Waals surface area contributed by atoms with E-state index in [0.29, 0.717) is 6.42 Å². The van der Waals surface area contributed by atoms with Gasteiger partial charge >= 0.3 is 0 Å². The van der Waals surface area contributed by atoms with Gasteiger partial charge in [0.05, 0.1) is 0 Å². The van der Waals surface area contributed by atoms with Gasteiger partial charge in [-0.3, -0.25) is 0 Å². The largest absolute Gasteiger partial charge is 0.325 e. The Morgan fingerprint density at radius 1 is 1.46 bits per heavy atom. The highest BCUT2D eigenvalue weighted by Gasteiger charge is 2.12. The maximum atomic E-state index is 13.2. The summed E-state index contributed by atoms with van der Waals surface area (Å²) in [5, 5.41) is 0. The Morgan fingerprint density at radius 3 is 2.69 bits per heavy atom. The van der Waals surface area contributed by atoms with Gasteiger partial charge in [0.1, 0.15) is 6.17 Å². The van der Waals surface area contributed by atoms with Crippen molar-refractivity contribution >= 4 is 0 Å². The molecule has 2 heteroatoms. The Labute approximate surface area is 78.8 Å². The quantitative estimate of drug-likeness (QED) is 0.760. The van der Waals surface area contributed by atoms with Crippen LogP contribution in [0.15, 0.2) is 24.3 Å². The van der Waals surface area contributed by atoms with Crippen LogP contribution in [0.4, 0.5) is 4.39 Å². The summed E-state index contributed by atoms with van der Waals surface area (Å²) in [6, 6.07) is 7.48. The Hall–Kier alpha value is -0.890. The lowest BCUT2D eigenvalue weighted by Crippen LogP contribution is -2.29. The molecule has 1 aromatic carbocycles. The van der Waals surface area contributed by atoms with Crippen LogP contribution in [0.25, 0.3) is 0 Å². The zero-order valence-electron chi connectivity index (χ0n) is 8.13. The lowest BCUT2D eigenvalue weighted by atomic mass is 10.0. The van der Waals surface area contributed by atoms with Gasteiger partial charge in [-0.2, -0.15) is 0 Å². The van der Waals surface area contributed by atoms with Gasteiger partial charge in [-0.05, 0) is 19.4 Å². The van der Waals surface area contributed by atoms with Crippen molar-refractivity contribution in [2.75, 3.05) is 0 Å². The molecule has 0 saturated carbocycles. The van der Waals surface area contributed by atoms with Gasteiger partial charge < -0.3 is 5.73 Å². The molecule has 72 valence electrons. The van der Waals surface area contributed by atoms with E-state index in [1.165, 1.54) is 0 Å². The first-order valence-electron chi connectivity index (χ1n) is 4.55. The number of halogens is 1. The third kappa shape index (κ3) is 3.15. The number of hydrogen-bond donors (Lipinski definition) is 1.